The number of nitrogens with one attached hydrogen (secondary N) is 1. The fraction of sp³-hybridized carbons (Fsp3) is 0.111. The van der Waals surface area contributed by atoms with Crippen LogP contribution in [0.25, 0.3) is 11.3 Å². The van der Waals surface area contributed by atoms with Crippen LogP contribution in [0, 0.1) is 0 Å². The van der Waals surface area contributed by atoms with Gasteiger partial charge in [0.05, 0.1) is 0 Å². The van der Waals surface area contributed by atoms with Crippen LogP contribution in [0.15, 0.2) is 30.3 Å². The molecular weight excluding hydrogens is 207 g/mol. The van der Waals surface area contributed by atoms with Crippen molar-refractivity contribution < 1.29 is 13.2 Å². The largest absolute Gasteiger partial charge is 0.437 e. The van der Waals surface area contributed by atoms with Gasteiger partial charge in [-0.2, -0.15) is 28.6 Å². The summed E-state index contributed by atoms with van der Waals surface area (Å²) < 4.78 is 37.3. The van der Waals surface area contributed by atoms with Crippen LogP contribution in [-0.2, 0) is 6.18 Å². The summed E-state index contributed by atoms with van der Waals surface area (Å²) >= 11 is 0. The van der Waals surface area contributed by atoms with Crippen molar-refractivity contribution in [3.63, 3.8) is 0 Å². The van der Waals surface area contributed by atoms with Gasteiger partial charge < -0.3 is 0 Å². The Labute approximate surface area is 82.9 Å². The predicted molar refractivity (Wildman–Crippen MR) is 46.8 cm³/mol. The SMILES string of the molecule is FC(F)(F)c1n[nH]nc1-c1ccccc1. The summed E-state index contributed by atoms with van der Waals surface area (Å²) in [6.07, 6.45) is -4.49. The maximum Gasteiger partial charge on any atom is 0.437 e. The van der Waals surface area contributed by atoms with Crippen LogP contribution in [-0.4, -0.2) is 15.4 Å². The first-order chi connectivity index (χ1) is 7.09. The van der Waals surface area contributed by atoms with Crippen LogP contribution in [0.3, 0.4) is 0 Å². The molecule has 0 spiro atoms. The molecule has 0 bridgehead atoms. The normalized spacial score (nSPS) is 11.7. The van der Waals surface area contributed by atoms with Gasteiger partial charge in [-0.3, -0.25) is 0 Å². The highest BCUT2D eigenvalue weighted by molar-refractivity contribution is 5.61. The molecular formula is C9H6F3N3. The quantitative estimate of drug-likeness (QED) is 0.790. The molecule has 0 saturated carbocycles. The molecule has 2 rings (SSSR count). The molecule has 78 valence electrons. The minimum absolute atomic E-state index is 0.178. The Balaban J connectivity index is 2.51. The van der Waals surface area contributed by atoms with E-state index in [9.17, 15) is 13.2 Å². The fourth-order valence-corrected chi connectivity index (χ4v) is 1.23. The molecule has 0 atom stereocenters. The van der Waals surface area contributed by atoms with Gasteiger partial charge in [-0.1, -0.05) is 30.3 Å². The molecule has 0 aliphatic rings. The van der Waals surface area contributed by atoms with Crippen LogP contribution >= 0.6 is 0 Å². The number of rotatable bonds is 1. The van der Waals surface area contributed by atoms with Gasteiger partial charge >= 0.3 is 6.18 Å². The number of halogens is 3. The number of aromatic amines is 1. The minimum atomic E-state index is -4.49. The number of H-pyrrole nitrogens is 1. The second-order valence-electron chi connectivity index (χ2n) is 2.88. The summed E-state index contributed by atoms with van der Waals surface area (Å²) in [5, 5.41) is 8.58. The number of hydrogen-bond acceptors (Lipinski definition) is 2. The van der Waals surface area contributed by atoms with Crippen molar-refractivity contribution in [1.82, 2.24) is 15.4 Å². The van der Waals surface area contributed by atoms with E-state index in [2.05, 4.69) is 10.2 Å². The first-order valence-corrected chi connectivity index (χ1v) is 4.12. The fourth-order valence-electron chi connectivity index (χ4n) is 1.23. The zero-order valence-corrected chi connectivity index (χ0v) is 7.42. The average molecular weight is 213 g/mol. The Morgan fingerprint density at radius 2 is 1.67 bits per heavy atom. The van der Waals surface area contributed by atoms with Gasteiger partial charge in [0, 0.05) is 5.56 Å². The molecule has 0 unspecified atom stereocenters. The van der Waals surface area contributed by atoms with Gasteiger partial charge in [0.25, 0.3) is 0 Å². The van der Waals surface area contributed by atoms with Crippen molar-refractivity contribution in [2.75, 3.05) is 0 Å². The van der Waals surface area contributed by atoms with Crippen molar-refractivity contribution in [1.29, 1.82) is 0 Å². The molecule has 1 N–H and O–H groups in total. The third kappa shape index (κ3) is 1.83. The highest BCUT2D eigenvalue weighted by Gasteiger charge is 2.37. The molecule has 0 aliphatic heterocycles. The monoisotopic (exact) mass is 213 g/mol. The van der Waals surface area contributed by atoms with E-state index in [0.29, 0.717) is 5.56 Å². The molecule has 1 heterocycles. The average Bonchev–Trinajstić information content (AvgIpc) is 2.67. The molecule has 15 heavy (non-hydrogen) atoms. The van der Waals surface area contributed by atoms with Crippen LogP contribution in [0.2, 0.25) is 0 Å². The van der Waals surface area contributed by atoms with E-state index < -0.39 is 11.9 Å². The molecule has 0 amide bonds. The number of benzene rings is 1. The Morgan fingerprint density at radius 3 is 2.27 bits per heavy atom. The van der Waals surface area contributed by atoms with Gasteiger partial charge in [-0.05, 0) is 0 Å². The topological polar surface area (TPSA) is 41.6 Å². The predicted octanol–water partition coefficient (Wildman–Crippen LogP) is 2.49. The maximum atomic E-state index is 12.4. The van der Waals surface area contributed by atoms with E-state index in [0.717, 1.165) is 0 Å². The third-order valence-electron chi connectivity index (χ3n) is 1.86. The number of alkyl halides is 3. The lowest BCUT2D eigenvalue weighted by atomic mass is 10.1. The van der Waals surface area contributed by atoms with Gasteiger partial charge in [0.1, 0.15) is 5.69 Å². The maximum absolute atomic E-state index is 12.4. The van der Waals surface area contributed by atoms with Crippen LogP contribution in [0.5, 0.6) is 0 Å². The van der Waals surface area contributed by atoms with Crippen molar-refractivity contribution >= 4 is 0 Å². The highest BCUT2D eigenvalue weighted by atomic mass is 19.4. The van der Waals surface area contributed by atoms with Crippen molar-refractivity contribution in [2.45, 2.75) is 6.18 Å². The molecule has 3 nitrogen and oxygen atoms in total. The minimum Gasteiger partial charge on any atom is -0.197 e. The van der Waals surface area contributed by atoms with Crippen LogP contribution in [0.4, 0.5) is 13.2 Å². The summed E-state index contributed by atoms with van der Waals surface area (Å²) in [4.78, 5) is 0. The Morgan fingerprint density at radius 1 is 1.00 bits per heavy atom. The Hall–Kier alpha value is -1.85. The molecule has 1 aromatic carbocycles. The standard InChI is InChI=1S/C9H6F3N3/c10-9(11,12)8-7(13-15-14-8)6-4-2-1-3-5-6/h1-5H,(H,13,14,15). The summed E-state index contributed by atoms with van der Waals surface area (Å²) in [5.74, 6) is 0. The van der Waals surface area contributed by atoms with Crippen LogP contribution < -0.4 is 0 Å². The molecule has 1 aromatic heterocycles. The number of hydrogen-bond donors (Lipinski definition) is 1. The van der Waals surface area contributed by atoms with Gasteiger partial charge in [0.15, 0.2) is 5.69 Å². The highest BCUT2D eigenvalue weighted by Crippen LogP contribution is 2.33. The van der Waals surface area contributed by atoms with Gasteiger partial charge in [-0.25, -0.2) is 0 Å². The van der Waals surface area contributed by atoms with Crippen molar-refractivity contribution in [2.24, 2.45) is 0 Å². The van der Waals surface area contributed by atoms with E-state index in [-0.39, 0.29) is 5.69 Å². The van der Waals surface area contributed by atoms with E-state index in [1.165, 1.54) is 0 Å². The zero-order valence-electron chi connectivity index (χ0n) is 7.42. The van der Waals surface area contributed by atoms with Gasteiger partial charge in [-0.15, -0.1) is 0 Å². The van der Waals surface area contributed by atoms with Gasteiger partial charge in [0.2, 0.25) is 0 Å². The summed E-state index contributed by atoms with van der Waals surface area (Å²) in [7, 11) is 0. The van der Waals surface area contributed by atoms with Crippen molar-refractivity contribution in [3.8, 4) is 11.3 Å². The summed E-state index contributed by atoms with van der Waals surface area (Å²) in [5.41, 5.74) is -0.782. The number of aromatic nitrogens is 3. The second kappa shape index (κ2) is 3.38. The number of nitrogens with zero attached hydrogens (tertiary/aromatic N) is 2. The zero-order chi connectivity index (χ0) is 10.9. The lowest BCUT2D eigenvalue weighted by Crippen LogP contribution is -2.07. The smallest absolute Gasteiger partial charge is 0.197 e. The second-order valence-corrected chi connectivity index (χ2v) is 2.88. The van der Waals surface area contributed by atoms with E-state index >= 15 is 0 Å². The molecule has 2 aromatic rings. The van der Waals surface area contributed by atoms with E-state index in [1.54, 1.807) is 30.3 Å². The van der Waals surface area contributed by atoms with Crippen LogP contribution in [0.1, 0.15) is 5.69 Å². The van der Waals surface area contributed by atoms with E-state index in [4.69, 9.17) is 0 Å². The molecule has 0 fully saturated rings. The molecule has 0 radical (unpaired) electrons. The lowest BCUT2D eigenvalue weighted by Gasteiger charge is -2.03. The molecule has 6 heteroatoms. The lowest BCUT2D eigenvalue weighted by molar-refractivity contribution is -0.140. The van der Waals surface area contributed by atoms with Crippen molar-refractivity contribution in [3.05, 3.63) is 36.0 Å². The van der Waals surface area contributed by atoms with E-state index in [1.807, 2.05) is 5.21 Å². The first-order valence-electron chi connectivity index (χ1n) is 4.12. The molecule has 0 saturated heterocycles. The summed E-state index contributed by atoms with van der Waals surface area (Å²) in [6.45, 7) is 0. The summed E-state index contributed by atoms with van der Waals surface area (Å²) in [6, 6.07) is 8.10. The Kier molecular flexibility index (Phi) is 2.18. The molecule has 0 aliphatic carbocycles. The Bertz CT molecular complexity index is 447. The first kappa shape index (κ1) is 9.70. The third-order valence-corrected chi connectivity index (χ3v) is 1.86.